The molecule has 3 aromatic carbocycles. The smallest absolute Gasteiger partial charge is 0.257 e. The quantitative estimate of drug-likeness (QED) is 0.564. The summed E-state index contributed by atoms with van der Waals surface area (Å²) in [4.78, 5) is 26.0. The van der Waals surface area contributed by atoms with E-state index in [1.54, 1.807) is 66.7 Å². The van der Waals surface area contributed by atoms with Crippen LogP contribution in [0.5, 0.6) is 11.5 Å². The number of hydrogen-bond acceptors (Lipinski definition) is 5. The molecule has 1 N–H and O–H groups in total. The summed E-state index contributed by atoms with van der Waals surface area (Å²) in [6, 6.07) is 20.9. The van der Waals surface area contributed by atoms with Crippen LogP contribution in [0.15, 0.2) is 82.0 Å². The second-order valence-corrected chi connectivity index (χ2v) is 6.52. The minimum Gasteiger partial charge on any atom is -0.454 e. The molecule has 0 aliphatic carbocycles. The monoisotopic (exact) mass is 385 g/mol. The van der Waals surface area contributed by atoms with Gasteiger partial charge in [0.25, 0.3) is 5.91 Å². The van der Waals surface area contributed by atoms with Crippen molar-refractivity contribution >= 4 is 22.8 Å². The average molecular weight is 385 g/mol. The summed E-state index contributed by atoms with van der Waals surface area (Å²) in [5.74, 6) is 0.858. The molecule has 1 aromatic heterocycles. The standard InChI is InChI=1S/C23H15NO5/c25-21-16-8-4-5-9-17(16)29-23(24-22(26)14-6-2-1-3-7-14)20(21)15-10-11-18-19(12-15)28-13-27-18/h1-12H,13H2,(H,24,26). The van der Waals surface area contributed by atoms with Crippen molar-refractivity contribution in [3.05, 3.63) is 88.6 Å². The first-order valence-corrected chi connectivity index (χ1v) is 9.03. The highest BCUT2D eigenvalue weighted by molar-refractivity contribution is 6.06. The van der Waals surface area contributed by atoms with Gasteiger partial charge in [0.1, 0.15) is 5.58 Å². The van der Waals surface area contributed by atoms with Gasteiger partial charge in [0.2, 0.25) is 18.1 Å². The van der Waals surface area contributed by atoms with Crippen molar-refractivity contribution in [2.24, 2.45) is 0 Å². The summed E-state index contributed by atoms with van der Waals surface area (Å²) in [6.45, 7) is 0.128. The number of nitrogens with one attached hydrogen (secondary N) is 1. The molecule has 6 heteroatoms. The van der Waals surface area contributed by atoms with E-state index in [0.29, 0.717) is 33.6 Å². The van der Waals surface area contributed by atoms with Crippen LogP contribution in [0.25, 0.3) is 22.1 Å². The lowest BCUT2D eigenvalue weighted by Crippen LogP contribution is -2.16. The van der Waals surface area contributed by atoms with Crippen LogP contribution in [-0.4, -0.2) is 12.7 Å². The third-order valence-corrected chi connectivity index (χ3v) is 4.72. The number of para-hydroxylation sites is 1. The number of fused-ring (bicyclic) bond motifs is 2. The highest BCUT2D eigenvalue weighted by Crippen LogP contribution is 2.37. The maximum Gasteiger partial charge on any atom is 0.257 e. The van der Waals surface area contributed by atoms with E-state index in [0.717, 1.165) is 0 Å². The summed E-state index contributed by atoms with van der Waals surface area (Å²) < 4.78 is 16.7. The molecule has 142 valence electrons. The minimum atomic E-state index is -0.369. The Bertz CT molecular complexity index is 1290. The second kappa shape index (κ2) is 6.83. The summed E-state index contributed by atoms with van der Waals surface area (Å²) in [6.07, 6.45) is 0. The molecule has 1 amide bonds. The van der Waals surface area contributed by atoms with Crippen molar-refractivity contribution in [3.63, 3.8) is 0 Å². The molecule has 0 saturated carbocycles. The van der Waals surface area contributed by atoms with E-state index in [-0.39, 0.29) is 29.6 Å². The SMILES string of the molecule is O=C(Nc1oc2ccccc2c(=O)c1-c1ccc2c(c1)OCO2)c1ccccc1. The first-order valence-electron chi connectivity index (χ1n) is 9.03. The molecule has 4 aromatic rings. The van der Waals surface area contributed by atoms with Gasteiger partial charge in [-0.05, 0) is 42.0 Å². The molecule has 0 unspecified atom stereocenters. The van der Waals surface area contributed by atoms with Gasteiger partial charge in [-0.2, -0.15) is 0 Å². The van der Waals surface area contributed by atoms with E-state index in [4.69, 9.17) is 13.9 Å². The van der Waals surface area contributed by atoms with Gasteiger partial charge in [-0.1, -0.05) is 36.4 Å². The number of rotatable bonds is 3. The number of hydrogen-bond donors (Lipinski definition) is 1. The van der Waals surface area contributed by atoms with Gasteiger partial charge >= 0.3 is 0 Å². The molecule has 5 rings (SSSR count). The van der Waals surface area contributed by atoms with Crippen LogP contribution in [0.2, 0.25) is 0 Å². The average Bonchev–Trinajstić information content (AvgIpc) is 3.22. The Morgan fingerprint density at radius 2 is 1.62 bits per heavy atom. The first kappa shape index (κ1) is 17.1. The largest absolute Gasteiger partial charge is 0.454 e. The third kappa shape index (κ3) is 3.00. The fraction of sp³-hybridized carbons (Fsp3) is 0.0435. The Morgan fingerprint density at radius 3 is 2.48 bits per heavy atom. The van der Waals surface area contributed by atoms with Crippen LogP contribution in [0, 0.1) is 0 Å². The lowest BCUT2D eigenvalue weighted by atomic mass is 10.0. The maximum absolute atomic E-state index is 13.3. The number of amides is 1. The highest BCUT2D eigenvalue weighted by Gasteiger charge is 2.21. The lowest BCUT2D eigenvalue weighted by molar-refractivity contribution is 0.102. The normalized spacial score (nSPS) is 12.1. The van der Waals surface area contributed by atoms with E-state index in [9.17, 15) is 9.59 Å². The van der Waals surface area contributed by atoms with Crippen molar-refractivity contribution < 1.29 is 18.7 Å². The highest BCUT2D eigenvalue weighted by atomic mass is 16.7. The van der Waals surface area contributed by atoms with E-state index >= 15 is 0 Å². The van der Waals surface area contributed by atoms with Crippen molar-refractivity contribution in [2.75, 3.05) is 12.1 Å². The topological polar surface area (TPSA) is 77.8 Å². The van der Waals surface area contributed by atoms with Crippen LogP contribution in [0.1, 0.15) is 10.4 Å². The van der Waals surface area contributed by atoms with Crippen LogP contribution >= 0.6 is 0 Å². The van der Waals surface area contributed by atoms with E-state index in [2.05, 4.69) is 5.32 Å². The fourth-order valence-corrected chi connectivity index (χ4v) is 3.31. The number of carbonyl (C=O) groups is 1. The van der Waals surface area contributed by atoms with Crippen molar-refractivity contribution in [2.45, 2.75) is 0 Å². The molecular formula is C23H15NO5. The van der Waals surface area contributed by atoms with Crippen molar-refractivity contribution in [1.82, 2.24) is 0 Å². The predicted octanol–water partition coefficient (Wildman–Crippen LogP) is 4.44. The third-order valence-electron chi connectivity index (χ3n) is 4.72. The van der Waals surface area contributed by atoms with E-state index < -0.39 is 0 Å². The Kier molecular flexibility index (Phi) is 4.02. The molecule has 0 saturated heterocycles. The molecule has 0 fully saturated rings. The number of benzene rings is 3. The molecule has 1 aliphatic rings. The first-order chi connectivity index (χ1) is 14.2. The Labute approximate surface area is 165 Å². The van der Waals surface area contributed by atoms with Gasteiger partial charge in [-0.15, -0.1) is 0 Å². The molecule has 0 radical (unpaired) electrons. The molecule has 2 heterocycles. The molecule has 0 bridgehead atoms. The van der Waals surface area contributed by atoms with E-state index in [1.807, 2.05) is 6.07 Å². The second-order valence-electron chi connectivity index (χ2n) is 6.52. The number of ether oxygens (including phenoxy) is 2. The van der Waals surface area contributed by atoms with Gasteiger partial charge in [0.15, 0.2) is 11.5 Å². The van der Waals surface area contributed by atoms with Gasteiger partial charge in [0.05, 0.1) is 10.9 Å². The zero-order chi connectivity index (χ0) is 19.8. The zero-order valence-electron chi connectivity index (χ0n) is 15.2. The molecule has 6 nitrogen and oxygen atoms in total. The van der Waals surface area contributed by atoms with Crippen molar-refractivity contribution in [1.29, 1.82) is 0 Å². The molecule has 0 atom stereocenters. The lowest BCUT2D eigenvalue weighted by Gasteiger charge is -2.12. The summed E-state index contributed by atoms with van der Waals surface area (Å²) in [7, 11) is 0. The molecule has 1 aliphatic heterocycles. The predicted molar refractivity (Wildman–Crippen MR) is 108 cm³/mol. The summed E-state index contributed by atoms with van der Waals surface area (Å²) in [5.41, 5.74) is 1.43. The number of carbonyl (C=O) groups excluding carboxylic acids is 1. The van der Waals surface area contributed by atoms with Crippen LogP contribution in [0.3, 0.4) is 0 Å². The van der Waals surface area contributed by atoms with E-state index in [1.165, 1.54) is 0 Å². The molecule has 29 heavy (non-hydrogen) atoms. The van der Waals surface area contributed by atoms with Crippen LogP contribution in [0.4, 0.5) is 5.88 Å². The Hall–Kier alpha value is -4.06. The van der Waals surface area contributed by atoms with Crippen LogP contribution in [-0.2, 0) is 0 Å². The van der Waals surface area contributed by atoms with Gasteiger partial charge in [-0.25, -0.2) is 0 Å². The zero-order valence-corrected chi connectivity index (χ0v) is 15.2. The number of anilines is 1. The van der Waals surface area contributed by atoms with Gasteiger partial charge in [-0.3, -0.25) is 14.9 Å². The minimum absolute atomic E-state index is 0.0846. The molecule has 0 spiro atoms. The fourth-order valence-electron chi connectivity index (χ4n) is 3.31. The van der Waals surface area contributed by atoms with Crippen molar-refractivity contribution in [3.8, 4) is 22.6 Å². The van der Waals surface area contributed by atoms with Crippen LogP contribution < -0.4 is 20.2 Å². The Morgan fingerprint density at radius 1 is 0.862 bits per heavy atom. The van der Waals surface area contributed by atoms with Gasteiger partial charge in [0, 0.05) is 5.56 Å². The summed E-state index contributed by atoms with van der Waals surface area (Å²) >= 11 is 0. The molecular weight excluding hydrogens is 370 g/mol. The maximum atomic E-state index is 13.3. The summed E-state index contributed by atoms with van der Waals surface area (Å²) in [5, 5.41) is 3.18. The van der Waals surface area contributed by atoms with Gasteiger partial charge < -0.3 is 13.9 Å². The Balaban J connectivity index is 1.69.